The molecule has 1 aliphatic heterocycles. The number of amides is 1. The van der Waals surface area contributed by atoms with Crippen molar-refractivity contribution in [3.05, 3.63) is 65.7 Å². The van der Waals surface area contributed by atoms with Gasteiger partial charge in [0.15, 0.2) is 0 Å². The lowest BCUT2D eigenvalue weighted by Crippen LogP contribution is -2.61. The van der Waals surface area contributed by atoms with Gasteiger partial charge in [0.05, 0.1) is 12.1 Å². The first-order valence-electron chi connectivity index (χ1n) is 9.70. The molecule has 5 nitrogen and oxygen atoms in total. The molecule has 3 unspecified atom stereocenters. The molecule has 5 heteroatoms. The number of rotatable bonds is 4. The van der Waals surface area contributed by atoms with Crippen molar-refractivity contribution in [3.8, 4) is 5.75 Å². The number of carboxylic acid groups (broad SMARTS) is 1. The minimum Gasteiger partial charge on any atom is -0.530 e. The monoisotopic (exact) mass is 382 g/mol. The third-order valence-electron chi connectivity index (χ3n) is 5.43. The molecule has 1 amide bonds. The number of likely N-dealkylation sites (tertiary alicyclic amines) is 1. The van der Waals surface area contributed by atoms with E-state index >= 15 is 0 Å². The Hall–Kier alpha value is -2.53. The Morgan fingerprint density at radius 1 is 1.14 bits per heavy atom. The third-order valence-corrected chi connectivity index (χ3v) is 5.43. The smallest absolute Gasteiger partial charge is 0.137 e. The Labute approximate surface area is 166 Å². The maximum Gasteiger partial charge on any atom is 0.137 e. The minimum absolute atomic E-state index is 0.122. The average molecular weight is 382 g/mol. The third kappa shape index (κ3) is 4.47. The summed E-state index contributed by atoms with van der Waals surface area (Å²) in [5, 5.41) is 22.5. The molecule has 3 rings (SSSR count). The van der Waals surface area contributed by atoms with E-state index in [4.69, 9.17) is 4.74 Å². The fourth-order valence-electron chi connectivity index (χ4n) is 4.09. The van der Waals surface area contributed by atoms with Crippen molar-refractivity contribution in [2.75, 3.05) is 6.54 Å². The largest absolute Gasteiger partial charge is 0.530 e. The van der Waals surface area contributed by atoms with E-state index < -0.39 is 23.7 Å². The highest BCUT2D eigenvalue weighted by Gasteiger charge is 2.43. The fraction of sp³-hybridized carbons (Fsp3) is 0.435. The van der Waals surface area contributed by atoms with Gasteiger partial charge in [-0.15, -0.1) is 0 Å². The summed E-state index contributed by atoms with van der Waals surface area (Å²) >= 11 is 0. The number of hydrogen-bond donors (Lipinski definition) is 1. The number of carbonyl (C=O) groups excluding carboxylic acids is 1. The number of hydrogen-bond acceptors (Lipinski definition) is 4. The molecule has 0 radical (unpaired) electrons. The highest BCUT2D eigenvalue weighted by Crippen LogP contribution is 2.39. The summed E-state index contributed by atoms with van der Waals surface area (Å²) in [6.45, 7) is 6.69. The van der Waals surface area contributed by atoms with Gasteiger partial charge in [0.2, 0.25) is 0 Å². The van der Waals surface area contributed by atoms with Crippen LogP contribution in [0.5, 0.6) is 5.75 Å². The van der Waals surface area contributed by atoms with Crippen molar-refractivity contribution in [3.63, 3.8) is 0 Å². The summed E-state index contributed by atoms with van der Waals surface area (Å²) < 4.78 is 5.83. The summed E-state index contributed by atoms with van der Waals surface area (Å²) in [5.41, 5.74) is 1.70. The van der Waals surface area contributed by atoms with Gasteiger partial charge in [-0.05, 0) is 35.1 Å². The Morgan fingerprint density at radius 3 is 2.36 bits per heavy atom. The van der Waals surface area contributed by atoms with E-state index in [1.807, 2.05) is 75.4 Å². The molecule has 2 aromatic carbocycles. The second-order valence-corrected chi connectivity index (χ2v) is 8.50. The molecular weight excluding hydrogens is 354 g/mol. The highest BCUT2D eigenvalue weighted by atomic mass is 16.5. The van der Waals surface area contributed by atoms with Gasteiger partial charge in [-0.25, -0.2) is 0 Å². The van der Waals surface area contributed by atoms with Crippen molar-refractivity contribution < 1.29 is 19.7 Å². The van der Waals surface area contributed by atoms with Gasteiger partial charge in [0.25, 0.3) is 0 Å². The lowest BCUT2D eigenvalue weighted by molar-refractivity contribution is -0.274. The van der Waals surface area contributed by atoms with Crippen LogP contribution < -0.4 is 9.84 Å². The molecule has 0 aromatic heterocycles. The number of benzene rings is 2. The maximum atomic E-state index is 11.5. The standard InChI is InChI=1S/C23H29NO4/c1-23(2,3)21-20(25)19(13-14-24(21)22(26)27)17-9-11-18(12-10-17)28-15-16-7-5-4-6-8-16/h4-12,19-21,25H,13-15H2,1-3H3,(H,26,27)/p-1. The number of ether oxygens (including phenoxy) is 1. The maximum absolute atomic E-state index is 11.5. The molecule has 150 valence electrons. The molecule has 1 fully saturated rings. The van der Waals surface area contributed by atoms with Crippen LogP contribution in [0.25, 0.3) is 0 Å². The van der Waals surface area contributed by atoms with E-state index in [2.05, 4.69) is 0 Å². The normalized spacial score (nSPS) is 22.7. The van der Waals surface area contributed by atoms with Crippen molar-refractivity contribution >= 4 is 6.09 Å². The van der Waals surface area contributed by atoms with Crippen LogP contribution in [-0.4, -0.2) is 34.8 Å². The summed E-state index contributed by atoms with van der Waals surface area (Å²) in [6, 6.07) is 17.2. The van der Waals surface area contributed by atoms with E-state index in [1.165, 1.54) is 4.90 Å². The van der Waals surface area contributed by atoms with Crippen molar-refractivity contribution in [2.24, 2.45) is 5.41 Å². The molecule has 1 heterocycles. The molecule has 1 saturated heterocycles. The van der Waals surface area contributed by atoms with Crippen LogP contribution in [0.4, 0.5) is 4.79 Å². The number of aliphatic hydroxyl groups excluding tert-OH is 1. The van der Waals surface area contributed by atoms with Gasteiger partial charge >= 0.3 is 0 Å². The molecule has 0 bridgehead atoms. The van der Waals surface area contributed by atoms with Gasteiger partial charge in [-0.1, -0.05) is 63.2 Å². The fourth-order valence-corrected chi connectivity index (χ4v) is 4.09. The van der Waals surface area contributed by atoms with Gasteiger partial charge in [-0.2, -0.15) is 0 Å². The Morgan fingerprint density at radius 2 is 1.79 bits per heavy atom. The van der Waals surface area contributed by atoms with Crippen molar-refractivity contribution in [1.82, 2.24) is 4.90 Å². The SMILES string of the molecule is CC(C)(C)C1C(O)C(c2ccc(OCc3ccccc3)cc2)CCN1C(=O)[O-]. The zero-order valence-electron chi connectivity index (χ0n) is 16.7. The zero-order chi connectivity index (χ0) is 20.3. The first-order chi connectivity index (χ1) is 13.3. The van der Waals surface area contributed by atoms with E-state index in [-0.39, 0.29) is 5.92 Å². The first kappa shape index (κ1) is 20.2. The van der Waals surface area contributed by atoms with Crippen LogP contribution >= 0.6 is 0 Å². The predicted molar refractivity (Wildman–Crippen MR) is 106 cm³/mol. The van der Waals surface area contributed by atoms with E-state index in [0.717, 1.165) is 16.9 Å². The van der Waals surface area contributed by atoms with Crippen LogP contribution in [0.3, 0.4) is 0 Å². The molecule has 3 atom stereocenters. The molecule has 0 spiro atoms. The van der Waals surface area contributed by atoms with Crippen LogP contribution in [0.2, 0.25) is 0 Å². The van der Waals surface area contributed by atoms with E-state index in [0.29, 0.717) is 19.6 Å². The van der Waals surface area contributed by atoms with Gasteiger partial charge < -0.3 is 24.6 Å². The summed E-state index contributed by atoms with van der Waals surface area (Å²) in [4.78, 5) is 12.8. The van der Waals surface area contributed by atoms with Gasteiger partial charge in [0.1, 0.15) is 18.4 Å². The van der Waals surface area contributed by atoms with Crippen LogP contribution in [0, 0.1) is 5.41 Å². The zero-order valence-corrected chi connectivity index (χ0v) is 16.7. The first-order valence-corrected chi connectivity index (χ1v) is 9.70. The van der Waals surface area contributed by atoms with Crippen molar-refractivity contribution in [2.45, 2.75) is 51.9 Å². The number of aliphatic hydroxyl groups is 1. The minimum atomic E-state index is -1.22. The molecule has 1 aliphatic rings. The number of piperidine rings is 1. The quantitative estimate of drug-likeness (QED) is 0.882. The van der Waals surface area contributed by atoms with Crippen LogP contribution in [0.15, 0.2) is 54.6 Å². The Balaban J connectivity index is 1.71. The highest BCUT2D eigenvalue weighted by molar-refractivity contribution is 5.63. The van der Waals surface area contributed by atoms with Gasteiger partial charge in [-0.3, -0.25) is 0 Å². The summed E-state index contributed by atoms with van der Waals surface area (Å²) in [5.74, 6) is 0.643. The number of nitrogens with zero attached hydrogens (tertiary/aromatic N) is 1. The molecule has 28 heavy (non-hydrogen) atoms. The second-order valence-electron chi connectivity index (χ2n) is 8.50. The van der Waals surface area contributed by atoms with E-state index in [9.17, 15) is 15.0 Å². The van der Waals surface area contributed by atoms with Crippen molar-refractivity contribution in [1.29, 1.82) is 0 Å². The number of carbonyl (C=O) groups is 1. The van der Waals surface area contributed by atoms with Crippen LogP contribution in [0.1, 0.15) is 44.2 Å². The average Bonchev–Trinajstić information content (AvgIpc) is 2.66. The van der Waals surface area contributed by atoms with Crippen LogP contribution in [-0.2, 0) is 6.61 Å². The van der Waals surface area contributed by atoms with E-state index in [1.54, 1.807) is 0 Å². The van der Waals surface area contributed by atoms with Gasteiger partial charge in [0, 0.05) is 12.5 Å². The summed E-state index contributed by atoms with van der Waals surface area (Å²) in [7, 11) is 0. The molecular formula is C23H28NO4-. The molecule has 2 aromatic rings. The Kier molecular flexibility index (Phi) is 5.94. The molecule has 1 N–H and O–H groups in total. The molecule has 0 aliphatic carbocycles. The topological polar surface area (TPSA) is 72.8 Å². The summed E-state index contributed by atoms with van der Waals surface area (Å²) in [6.07, 6.45) is -1.45. The Bertz CT molecular complexity index is 782. The molecule has 0 saturated carbocycles. The lowest BCUT2D eigenvalue weighted by atomic mass is 9.73. The second kappa shape index (κ2) is 8.23. The lowest BCUT2D eigenvalue weighted by Gasteiger charge is -2.50. The predicted octanol–water partition coefficient (Wildman–Crippen LogP) is 3.17.